The van der Waals surface area contributed by atoms with E-state index in [1.54, 1.807) is 0 Å². The first-order valence-corrected chi connectivity index (χ1v) is 17.9. The standard InChI is InChI=1S/C46H40N4O/c1-32-10-8-9-29-47-46(51-32)35-19-23-39(24-20-35)49(40-25-27-41(28-26-40)50-44-13-6-3-7-14-45(44)50)38-21-17-34(18-22-38)42-31-37-16-15-36(30-43(37)48-42)33-11-4-2-5-12-33/h2,4,6-11,13-30,42,46-48H,1,3,5,12,31H2/b10-8-,29-9-. The second-order valence-electron chi connectivity index (χ2n) is 13.5. The maximum absolute atomic E-state index is 6.07. The van der Waals surface area contributed by atoms with Crippen LogP contribution in [0, 0.1) is 0 Å². The summed E-state index contributed by atoms with van der Waals surface area (Å²) in [6.45, 7) is 4.03. The molecule has 2 aliphatic carbocycles. The van der Waals surface area contributed by atoms with Gasteiger partial charge in [-0.3, -0.25) is 0 Å². The van der Waals surface area contributed by atoms with Crippen LogP contribution in [0.25, 0.3) is 5.57 Å². The molecular weight excluding hydrogens is 625 g/mol. The van der Waals surface area contributed by atoms with E-state index in [1.165, 1.54) is 45.0 Å². The Morgan fingerprint density at radius 1 is 0.725 bits per heavy atom. The van der Waals surface area contributed by atoms with Gasteiger partial charge in [-0.2, -0.15) is 0 Å². The summed E-state index contributed by atoms with van der Waals surface area (Å²) in [5.41, 5.74) is 14.7. The Balaban J connectivity index is 0.989. The summed E-state index contributed by atoms with van der Waals surface area (Å²) in [6, 6.07) is 33.6. The lowest BCUT2D eigenvalue weighted by Gasteiger charge is -2.27. The zero-order chi connectivity index (χ0) is 34.1. The number of nitrogens with one attached hydrogen (secondary N) is 2. The number of rotatable bonds is 7. The lowest BCUT2D eigenvalue weighted by molar-refractivity contribution is 0.108. The molecule has 5 aliphatic rings. The van der Waals surface area contributed by atoms with Gasteiger partial charge < -0.3 is 25.2 Å². The molecule has 0 aromatic heterocycles. The number of nitrogens with zero attached hydrogens (tertiary/aromatic N) is 2. The van der Waals surface area contributed by atoms with Gasteiger partial charge in [0.05, 0.1) is 17.4 Å². The third-order valence-electron chi connectivity index (χ3n) is 10.1. The van der Waals surface area contributed by atoms with Crippen molar-refractivity contribution in [2.45, 2.75) is 38.0 Å². The second-order valence-corrected chi connectivity index (χ2v) is 13.5. The lowest BCUT2D eigenvalue weighted by atomic mass is 9.95. The molecule has 9 rings (SSSR count). The van der Waals surface area contributed by atoms with E-state index in [9.17, 15) is 0 Å². The number of hydrogen-bond donors (Lipinski definition) is 2. The minimum atomic E-state index is -0.325. The van der Waals surface area contributed by atoms with Gasteiger partial charge in [0.15, 0.2) is 6.23 Å². The Hall–Kier alpha value is -6.20. The molecular formula is C46H40N4O. The highest BCUT2D eigenvalue weighted by Crippen LogP contribution is 2.44. The molecule has 0 spiro atoms. The van der Waals surface area contributed by atoms with Gasteiger partial charge in [0.1, 0.15) is 5.76 Å². The van der Waals surface area contributed by atoms with Crippen LogP contribution in [0.5, 0.6) is 0 Å². The maximum Gasteiger partial charge on any atom is 0.195 e. The Morgan fingerprint density at radius 2 is 1.43 bits per heavy atom. The molecule has 0 radical (unpaired) electrons. The van der Waals surface area contributed by atoms with E-state index in [2.05, 4.69) is 161 Å². The smallest absolute Gasteiger partial charge is 0.195 e. The lowest BCUT2D eigenvalue weighted by Crippen LogP contribution is -2.19. The first kappa shape index (κ1) is 30.8. The predicted molar refractivity (Wildman–Crippen MR) is 211 cm³/mol. The molecule has 0 saturated carbocycles. The van der Waals surface area contributed by atoms with Crippen molar-refractivity contribution in [2.24, 2.45) is 0 Å². The van der Waals surface area contributed by atoms with Crippen LogP contribution < -0.4 is 20.4 Å². The minimum absolute atomic E-state index is 0.241. The molecule has 2 atom stereocenters. The third-order valence-corrected chi connectivity index (χ3v) is 10.1. The average molecular weight is 665 g/mol. The fourth-order valence-electron chi connectivity index (χ4n) is 7.42. The van der Waals surface area contributed by atoms with Crippen LogP contribution in [0.3, 0.4) is 0 Å². The Labute approximate surface area is 300 Å². The number of benzene rings is 4. The van der Waals surface area contributed by atoms with Crippen molar-refractivity contribution in [3.05, 3.63) is 204 Å². The number of hydrogen-bond acceptors (Lipinski definition) is 5. The van der Waals surface area contributed by atoms with Crippen LogP contribution in [0.15, 0.2) is 182 Å². The van der Waals surface area contributed by atoms with Crippen LogP contribution in [0.2, 0.25) is 0 Å². The van der Waals surface area contributed by atoms with Crippen molar-refractivity contribution in [3.63, 3.8) is 0 Å². The first-order valence-electron chi connectivity index (χ1n) is 17.9. The summed E-state index contributed by atoms with van der Waals surface area (Å²) < 4.78 is 6.07. The zero-order valence-electron chi connectivity index (χ0n) is 28.5. The molecule has 2 N–H and O–H groups in total. The summed E-state index contributed by atoms with van der Waals surface area (Å²) in [6.07, 6.45) is 27.0. The van der Waals surface area contributed by atoms with Crippen LogP contribution in [-0.2, 0) is 11.2 Å². The number of fused-ring (bicyclic) bond motifs is 1. The van der Waals surface area contributed by atoms with Crippen LogP contribution in [0.4, 0.5) is 28.4 Å². The van der Waals surface area contributed by atoms with Gasteiger partial charge in [-0.1, -0.05) is 79.4 Å². The van der Waals surface area contributed by atoms with Crippen molar-refractivity contribution >= 4 is 34.0 Å². The van der Waals surface area contributed by atoms with Gasteiger partial charge in [0.25, 0.3) is 0 Å². The van der Waals surface area contributed by atoms with Crippen molar-refractivity contribution in [3.8, 4) is 0 Å². The largest absolute Gasteiger partial charge is 0.467 e. The third kappa shape index (κ3) is 6.23. The van der Waals surface area contributed by atoms with E-state index in [4.69, 9.17) is 4.74 Å². The van der Waals surface area contributed by atoms with Crippen LogP contribution >= 0.6 is 0 Å². The van der Waals surface area contributed by atoms with Gasteiger partial charge >= 0.3 is 0 Å². The van der Waals surface area contributed by atoms with Crippen LogP contribution in [-0.4, -0.2) is 0 Å². The van der Waals surface area contributed by atoms with Gasteiger partial charge in [0, 0.05) is 34.0 Å². The summed E-state index contributed by atoms with van der Waals surface area (Å²) >= 11 is 0. The summed E-state index contributed by atoms with van der Waals surface area (Å²) in [5.74, 6) is 0.617. The fourth-order valence-corrected chi connectivity index (χ4v) is 7.42. The van der Waals surface area contributed by atoms with Crippen molar-refractivity contribution in [2.75, 3.05) is 15.1 Å². The topological polar surface area (TPSA) is 39.5 Å². The van der Waals surface area contributed by atoms with Gasteiger partial charge in [-0.25, -0.2) is 0 Å². The van der Waals surface area contributed by atoms with E-state index in [1.807, 2.05) is 24.4 Å². The van der Waals surface area contributed by atoms with Crippen molar-refractivity contribution < 1.29 is 4.74 Å². The van der Waals surface area contributed by atoms with Gasteiger partial charge in [0.2, 0.25) is 0 Å². The molecule has 3 aliphatic heterocycles. The second kappa shape index (κ2) is 13.3. The van der Waals surface area contributed by atoms with Crippen molar-refractivity contribution in [1.29, 1.82) is 0 Å². The Bertz CT molecular complexity index is 2170. The molecule has 4 aromatic carbocycles. The summed E-state index contributed by atoms with van der Waals surface area (Å²) in [5, 5.41) is 7.16. The number of allylic oxidation sites excluding steroid dienone is 11. The number of ether oxygens (including phenoxy) is 1. The van der Waals surface area contributed by atoms with Gasteiger partial charge in [-0.05, 0) is 133 Å². The molecule has 3 heterocycles. The summed E-state index contributed by atoms with van der Waals surface area (Å²) in [4.78, 5) is 4.63. The van der Waals surface area contributed by atoms with E-state index >= 15 is 0 Å². The van der Waals surface area contributed by atoms with E-state index in [0.29, 0.717) is 5.76 Å². The first-order chi connectivity index (χ1) is 25.2. The molecule has 0 saturated heterocycles. The molecule has 2 unspecified atom stereocenters. The molecule has 51 heavy (non-hydrogen) atoms. The fraction of sp³-hybridized carbons (Fsp3) is 0.130. The molecule has 0 amide bonds. The molecule has 250 valence electrons. The minimum Gasteiger partial charge on any atom is -0.467 e. The van der Waals surface area contributed by atoms with E-state index in [0.717, 1.165) is 48.3 Å². The SMILES string of the molecule is C=C1/C=C\C=C/NC(c2ccc(N(c3ccc(C4Cc5ccc(C6=CC=CCC6)cc5N4)cc3)c3ccc(N4C5=C4C=CCC=C5)cc3)cc2)O1. The molecule has 0 bridgehead atoms. The summed E-state index contributed by atoms with van der Waals surface area (Å²) in [7, 11) is 0. The highest BCUT2D eigenvalue weighted by atomic mass is 16.5. The predicted octanol–water partition coefficient (Wildman–Crippen LogP) is 11.3. The molecule has 0 fully saturated rings. The highest BCUT2D eigenvalue weighted by Gasteiger charge is 2.31. The molecule has 5 heteroatoms. The number of anilines is 5. The molecule has 5 nitrogen and oxygen atoms in total. The quantitative estimate of drug-likeness (QED) is 0.206. The Morgan fingerprint density at radius 3 is 2.14 bits per heavy atom. The average Bonchev–Trinajstić information content (AvgIpc) is 3.77. The van der Waals surface area contributed by atoms with Gasteiger partial charge in [-0.15, -0.1) is 0 Å². The zero-order valence-corrected chi connectivity index (χ0v) is 28.5. The highest BCUT2D eigenvalue weighted by molar-refractivity contribution is 5.81. The van der Waals surface area contributed by atoms with Crippen molar-refractivity contribution in [1.82, 2.24) is 5.32 Å². The normalized spacial score (nSPS) is 21.2. The monoisotopic (exact) mass is 664 g/mol. The maximum atomic E-state index is 6.07. The van der Waals surface area contributed by atoms with E-state index < -0.39 is 0 Å². The van der Waals surface area contributed by atoms with Crippen LogP contribution in [0.1, 0.15) is 53.8 Å². The Kier molecular flexibility index (Phi) is 8.01. The van der Waals surface area contributed by atoms with E-state index in [-0.39, 0.29) is 12.3 Å². The molecule has 4 aromatic rings.